The molecule has 6 nitrogen and oxygen atoms in total. The van der Waals surface area contributed by atoms with Gasteiger partial charge in [0.15, 0.2) is 0 Å². The average Bonchev–Trinajstić information content (AvgIpc) is 3.39. The van der Waals surface area contributed by atoms with E-state index in [1.54, 1.807) is 19.1 Å². The summed E-state index contributed by atoms with van der Waals surface area (Å²) in [7, 11) is 0. The number of phenolic OH excluding ortho intramolecular Hbond substituents is 1. The molecular formula is C34H32FN3O3. The van der Waals surface area contributed by atoms with Crippen LogP contribution in [-0.4, -0.2) is 32.7 Å². The van der Waals surface area contributed by atoms with Gasteiger partial charge in [-0.05, 0) is 48.7 Å². The Hall–Kier alpha value is -4.78. The normalized spacial score (nSPS) is 13.1. The van der Waals surface area contributed by atoms with Crippen LogP contribution >= 0.6 is 0 Å². The van der Waals surface area contributed by atoms with Crippen LogP contribution in [0.1, 0.15) is 49.9 Å². The first-order chi connectivity index (χ1) is 19.5. The molecule has 1 N–H and O–H groups in total. The van der Waals surface area contributed by atoms with Gasteiger partial charge < -0.3 is 9.84 Å². The van der Waals surface area contributed by atoms with Gasteiger partial charge in [0.1, 0.15) is 34.9 Å². The zero-order valence-corrected chi connectivity index (χ0v) is 23.6. The lowest BCUT2D eigenvalue weighted by Crippen LogP contribution is -2.32. The standard InChI is InChI=1S/C34H32FN3O3/c1-22(2)32(40)41-21-34(5,24-14-10-7-11-15-24)25-18-27(33(3,4)23-12-8-6-9-13-23)31(39)30(19-25)38-36-28-17-16-26(35)20-29(28)37-38/h6-20,39H,1,21H2,2-5H3. The summed E-state index contributed by atoms with van der Waals surface area (Å²) in [6.45, 7) is 11.4. The van der Waals surface area contributed by atoms with Crippen molar-refractivity contribution in [2.75, 3.05) is 6.61 Å². The van der Waals surface area contributed by atoms with Gasteiger partial charge in [-0.15, -0.1) is 15.0 Å². The van der Waals surface area contributed by atoms with Gasteiger partial charge >= 0.3 is 5.97 Å². The van der Waals surface area contributed by atoms with Crippen molar-refractivity contribution in [3.05, 3.63) is 131 Å². The highest BCUT2D eigenvalue weighted by Gasteiger charge is 2.36. The van der Waals surface area contributed by atoms with Crippen LogP contribution in [-0.2, 0) is 20.4 Å². The molecule has 5 rings (SSSR count). The highest BCUT2D eigenvalue weighted by atomic mass is 19.1. The number of benzene rings is 4. The quantitative estimate of drug-likeness (QED) is 0.166. The smallest absolute Gasteiger partial charge is 0.333 e. The molecule has 1 unspecified atom stereocenters. The number of hydrogen-bond acceptors (Lipinski definition) is 5. The Bertz CT molecular complexity index is 1750. The van der Waals surface area contributed by atoms with E-state index in [4.69, 9.17) is 4.74 Å². The van der Waals surface area contributed by atoms with Crippen LogP contribution in [0.5, 0.6) is 5.75 Å². The van der Waals surface area contributed by atoms with Crippen LogP contribution in [0, 0.1) is 5.82 Å². The van der Waals surface area contributed by atoms with Gasteiger partial charge in [0.2, 0.25) is 0 Å². The number of fused-ring (bicyclic) bond motifs is 1. The summed E-state index contributed by atoms with van der Waals surface area (Å²) in [5.41, 5.74) is 3.33. The molecule has 0 aliphatic heterocycles. The number of halogens is 1. The number of hydrogen-bond donors (Lipinski definition) is 1. The molecular weight excluding hydrogens is 517 g/mol. The van der Waals surface area contributed by atoms with Crippen molar-refractivity contribution in [3.63, 3.8) is 0 Å². The Kier molecular flexibility index (Phi) is 7.22. The lowest BCUT2D eigenvalue weighted by Gasteiger charge is -2.34. The summed E-state index contributed by atoms with van der Waals surface area (Å²) in [6.07, 6.45) is 0. The van der Waals surface area contributed by atoms with E-state index in [1.807, 2.05) is 87.5 Å². The molecule has 1 aromatic heterocycles. The van der Waals surface area contributed by atoms with E-state index in [0.717, 1.165) is 16.7 Å². The van der Waals surface area contributed by atoms with Crippen molar-refractivity contribution in [1.29, 1.82) is 0 Å². The minimum absolute atomic E-state index is 0.00211. The van der Waals surface area contributed by atoms with Crippen molar-refractivity contribution in [2.45, 2.75) is 38.5 Å². The fourth-order valence-electron chi connectivity index (χ4n) is 5.04. The minimum atomic E-state index is -0.824. The van der Waals surface area contributed by atoms with Crippen molar-refractivity contribution < 1.29 is 19.0 Å². The van der Waals surface area contributed by atoms with E-state index >= 15 is 0 Å². The summed E-state index contributed by atoms with van der Waals surface area (Å²) in [5.74, 6) is -0.917. The Labute approximate surface area is 238 Å². The minimum Gasteiger partial charge on any atom is -0.505 e. The first-order valence-electron chi connectivity index (χ1n) is 13.4. The van der Waals surface area contributed by atoms with Gasteiger partial charge in [-0.25, -0.2) is 9.18 Å². The monoisotopic (exact) mass is 549 g/mol. The first-order valence-corrected chi connectivity index (χ1v) is 13.4. The average molecular weight is 550 g/mol. The van der Waals surface area contributed by atoms with Crippen LogP contribution in [0.25, 0.3) is 16.7 Å². The van der Waals surface area contributed by atoms with Crippen LogP contribution in [0.3, 0.4) is 0 Å². The van der Waals surface area contributed by atoms with Crippen LogP contribution < -0.4 is 0 Å². The van der Waals surface area contributed by atoms with Crippen molar-refractivity contribution >= 4 is 17.0 Å². The van der Waals surface area contributed by atoms with Crippen molar-refractivity contribution in [2.24, 2.45) is 0 Å². The number of ether oxygens (including phenoxy) is 1. The largest absolute Gasteiger partial charge is 0.505 e. The third-order valence-corrected chi connectivity index (χ3v) is 7.70. The molecule has 0 fully saturated rings. The molecule has 0 aliphatic carbocycles. The molecule has 1 heterocycles. The van der Waals surface area contributed by atoms with Gasteiger partial charge in [-0.3, -0.25) is 0 Å². The fourth-order valence-corrected chi connectivity index (χ4v) is 5.04. The lowest BCUT2D eigenvalue weighted by molar-refractivity contribution is -0.140. The molecule has 0 bridgehead atoms. The second-order valence-corrected chi connectivity index (χ2v) is 11.1. The van der Waals surface area contributed by atoms with Gasteiger partial charge in [-0.1, -0.05) is 87.2 Å². The Morgan fingerprint density at radius 3 is 2.12 bits per heavy atom. The van der Waals surface area contributed by atoms with Gasteiger partial charge in [0, 0.05) is 22.6 Å². The first kappa shape index (κ1) is 27.8. The molecule has 41 heavy (non-hydrogen) atoms. The molecule has 0 aliphatic rings. The molecule has 1 atom stereocenters. The second-order valence-electron chi connectivity index (χ2n) is 11.1. The number of carbonyl (C=O) groups is 1. The number of rotatable bonds is 8. The zero-order chi connectivity index (χ0) is 29.4. The van der Waals surface area contributed by atoms with E-state index < -0.39 is 22.6 Å². The maximum absolute atomic E-state index is 14.0. The van der Waals surface area contributed by atoms with Crippen molar-refractivity contribution in [3.8, 4) is 11.4 Å². The maximum Gasteiger partial charge on any atom is 0.333 e. The van der Waals surface area contributed by atoms with Gasteiger partial charge in [-0.2, -0.15) is 0 Å². The predicted molar refractivity (Wildman–Crippen MR) is 158 cm³/mol. The molecule has 0 saturated heterocycles. The van der Waals surface area contributed by atoms with E-state index in [-0.39, 0.29) is 12.4 Å². The van der Waals surface area contributed by atoms with E-state index in [2.05, 4.69) is 16.8 Å². The molecule has 0 saturated carbocycles. The summed E-state index contributed by atoms with van der Waals surface area (Å²) in [4.78, 5) is 13.8. The predicted octanol–water partition coefficient (Wildman–Crippen LogP) is 7.02. The maximum atomic E-state index is 14.0. The summed E-state index contributed by atoms with van der Waals surface area (Å²) >= 11 is 0. The number of aromatic nitrogens is 3. The topological polar surface area (TPSA) is 77.2 Å². The zero-order valence-electron chi connectivity index (χ0n) is 23.6. The molecule has 0 spiro atoms. The number of esters is 1. The highest BCUT2D eigenvalue weighted by Crippen LogP contribution is 2.44. The molecule has 7 heteroatoms. The van der Waals surface area contributed by atoms with Crippen LogP contribution in [0.2, 0.25) is 0 Å². The third-order valence-electron chi connectivity index (χ3n) is 7.70. The summed E-state index contributed by atoms with van der Waals surface area (Å²) in [6, 6.07) is 27.6. The number of aromatic hydroxyl groups is 1. The van der Waals surface area contributed by atoms with Gasteiger partial charge in [0.25, 0.3) is 0 Å². The Morgan fingerprint density at radius 1 is 0.878 bits per heavy atom. The van der Waals surface area contributed by atoms with Crippen LogP contribution in [0.4, 0.5) is 4.39 Å². The Morgan fingerprint density at radius 2 is 1.49 bits per heavy atom. The lowest BCUT2D eigenvalue weighted by atomic mass is 9.72. The number of carbonyl (C=O) groups excluding carboxylic acids is 1. The molecule has 208 valence electrons. The van der Waals surface area contributed by atoms with Gasteiger partial charge in [0.05, 0.1) is 5.41 Å². The third kappa shape index (κ3) is 5.23. The summed E-state index contributed by atoms with van der Waals surface area (Å²) < 4.78 is 19.7. The van der Waals surface area contributed by atoms with Crippen molar-refractivity contribution in [1.82, 2.24) is 15.0 Å². The second kappa shape index (κ2) is 10.7. The van der Waals surface area contributed by atoms with E-state index in [0.29, 0.717) is 27.9 Å². The summed E-state index contributed by atoms with van der Waals surface area (Å²) in [5, 5.41) is 20.9. The van der Waals surface area contributed by atoms with Crippen LogP contribution in [0.15, 0.2) is 103 Å². The molecule has 0 radical (unpaired) electrons. The molecule has 4 aromatic carbocycles. The molecule has 5 aromatic rings. The molecule has 0 amide bonds. The SMILES string of the molecule is C=C(C)C(=O)OCC(C)(c1ccccc1)c1cc(-n2nc3ccc(F)cc3n2)c(O)c(C(C)(C)c2ccccc2)c1. The number of nitrogens with zero attached hydrogens (tertiary/aromatic N) is 3. The fraction of sp³-hybridized carbons (Fsp3) is 0.206. The number of phenols is 1. The van der Waals surface area contributed by atoms with E-state index in [1.165, 1.54) is 16.9 Å². The highest BCUT2D eigenvalue weighted by molar-refractivity contribution is 5.87. The van der Waals surface area contributed by atoms with E-state index in [9.17, 15) is 14.3 Å². The Balaban J connectivity index is 1.78.